The van der Waals surface area contributed by atoms with Crippen LogP contribution >= 0.6 is 0 Å². The maximum atomic E-state index is 13.2. The molecule has 0 bridgehead atoms. The molecule has 1 fully saturated rings. The van der Waals surface area contributed by atoms with Crippen LogP contribution in [0.5, 0.6) is 0 Å². The molecule has 162 valence electrons. The van der Waals surface area contributed by atoms with Gasteiger partial charge in [0.15, 0.2) is 0 Å². The summed E-state index contributed by atoms with van der Waals surface area (Å²) in [4.78, 5) is 26.1. The van der Waals surface area contributed by atoms with E-state index in [0.717, 1.165) is 11.8 Å². The third-order valence-electron chi connectivity index (χ3n) is 5.46. The second-order valence-electron chi connectivity index (χ2n) is 7.79. The van der Waals surface area contributed by atoms with Crippen LogP contribution in [-0.2, 0) is 10.0 Å². The number of para-hydroxylation sites is 1. The van der Waals surface area contributed by atoms with Crippen LogP contribution in [0.25, 0.3) is 10.9 Å². The Kier molecular flexibility index (Phi) is 5.61. The summed E-state index contributed by atoms with van der Waals surface area (Å²) in [6.45, 7) is 1.40. The maximum absolute atomic E-state index is 13.2. The zero-order valence-corrected chi connectivity index (χ0v) is 18.1. The average molecular weight is 441 g/mol. The number of hydrogen-bond acceptors (Lipinski definition) is 7. The lowest BCUT2D eigenvalue weighted by molar-refractivity contribution is 0.0785. The predicted octanol–water partition coefficient (Wildman–Crippen LogP) is 1.80. The third kappa shape index (κ3) is 4.50. The highest BCUT2D eigenvalue weighted by molar-refractivity contribution is 7.89. The van der Waals surface area contributed by atoms with Crippen LogP contribution in [0.2, 0.25) is 0 Å². The molecule has 0 spiro atoms. The van der Waals surface area contributed by atoms with Crippen LogP contribution < -0.4 is 10.5 Å². The minimum Gasteiger partial charge on any atom is -0.337 e. The molecule has 0 radical (unpaired) electrons. The van der Waals surface area contributed by atoms with Crippen molar-refractivity contribution < 1.29 is 13.2 Å². The molecule has 1 aromatic heterocycles. The number of primary sulfonamides is 1. The van der Waals surface area contributed by atoms with Crippen molar-refractivity contribution >= 4 is 38.5 Å². The van der Waals surface area contributed by atoms with Gasteiger partial charge in [0.25, 0.3) is 5.91 Å². The highest BCUT2D eigenvalue weighted by Crippen LogP contribution is 2.23. The third-order valence-corrected chi connectivity index (χ3v) is 6.39. The first-order valence-corrected chi connectivity index (χ1v) is 11.4. The number of nitrogens with one attached hydrogen (secondary N) is 1. The first-order chi connectivity index (χ1) is 14.7. The van der Waals surface area contributed by atoms with Crippen LogP contribution in [0.3, 0.4) is 0 Å². The van der Waals surface area contributed by atoms with E-state index in [1.165, 1.54) is 12.1 Å². The average Bonchev–Trinajstić information content (AvgIpc) is 3.23. The molecule has 1 aliphatic rings. The van der Waals surface area contributed by atoms with Crippen LogP contribution in [0, 0.1) is 0 Å². The minimum atomic E-state index is -3.76. The molecule has 3 aromatic rings. The highest BCUT2D eigenvalue weighted by Gasteiger charge is 2.29. The topological polar surface area (TPSA) is 122 Å². The molecule has 3 N–H and O–H groups in total. The van der Waals surface area contributed by atoms with Crippen molar-refractivity contribution in [1.29, 1.82) is 0 Å². The van der Waals surface area contributed by atoms with Crippen LogP contribution in [-0.4, -0.2) is 67.3 Å². The number of fused-ring (bicyclic) bond motifs is 1. The molecule has 9 nitrogen and oxygen atoms in total. The summed E-state index contributed by atoms with van der Waals surface area (Å²) in [5.74, 6) is 0.265. The second kappa shape index (κ2) is 8.22. The number of hydrogen-bond donors (Lipinski definition) is 2. The van der Waals surface area contributed by atoms with E-state index in [4.69, 9.17) is 5.14 Å². The number of anilines is 2. The van der Waals surface area contributed by atoms with E-state index >= 15 is 0 Å². The van der Waals surface area contributed by atoms with E-state index in [1.54, 1.807) is 24.4 Å². The number of benzene rings is 2. The van der Waals surface area contributed by atoms with E-state index in [1.807, 2.05) is 31.1 Å². The summed E-state index contributed by atoms with van der Waals surface area (Å²) in [6, 6.07) is 11.8. The summed E-state index contributed by atoms with van der Waals surface area (Å²) in [6.07, 6.45) is 2.60. The quantitative estimate of drug-likeness (QED) is 0.620. The van der Waals surface area contributed by atoms with Crippen molar-refractivity contribution in [3.63, 3.8) is 0 Å². The molecular formula is C21H24N6O3S. The van der Waals surface area contributed by atoms with Crippen molar-refractivity contribution in [3.05, 3.63) is 54.2 Å². The first-order valence-electron chi connectivity index (χ1n) is 9.84. The smallest absolute Gasteiger partial charge is 0.256 e. The summed E-state index contributed by atoms with van der Waals surface area (Å²) >= 11 is 0. The molecule has 2 heterocycles. The Morgan fingerprint density at radius 3 is 2.58 bits per heavy atom. The van der Waals surface area contributed by atoms with Gasteiger partial charge < -0.3 is 15.1 Å². The summed E-state index contributed by atoms with van der Waals surface area (Å²) < 4.78 is 22.8. The van der Waals surface area contributed by atoms with Crippen molar-refractivity contribution in [2.45, 2.75) is 17.4 Å². The number of rotatable bonds is 5. The molecule has 10 heteroatoms. The Hall–Kier alpha value is -3.08. The van der Waals surface area contributed by atoms with Crippen molar-refractivity contribution in [2.75, 3.05) is 32.5 Å². The molecule has 1 atom stereocenters. The van der Waals surface area contributed by atoms with Crippen LogP contribution in [0.15, 0.2) is 53.6 Å². The Morgan fingerprint density at radius 1 is 1.19 bits per heavy atom. The number of likely N-dealkylation sites (N-methyl/N-ethyl adjacent to an activating group) is 1. The molecule has 2 aromatic carbocycles. The van der Waals surface area contributed by atoms with Gasteiger partial charge in [-0.2, -0.15) is 0 Å². The molecule has 1 amide bonds. The van der Waals surface area contributed by atoms with Crippen LogP contribution in [0.4, 0.5) is 11.6 Å². The number of carbonyl (C=O) groups is 1. The van der Waals surface area contributed by atoms with Crippen molar-refractivity contribution in [2.24, 2.45) is 5.14 Å². The van der Waals surface area contributed by atoms with Gasteiger partial charge in [0, 0.05) is 36.4 Å². The molecule has 1 saturated heterocycles. The Labute approximate surface area is 180 Å². The first kappa shape index (κ1) is 21.2. The molecule has 4 rings (SSSR count). The van der Waals surface area contributed by atoms with E-state index in [9.17, 15) is 13.2 Å². The van der Waals surface area contributed by atoms with Gasteiger partial charge >= 0.3 is 0 Å². The normalized spacial score (nSPS) is 16.8. The zero-order valence-electron chi connectivity index (χ0n) is 17.3. The van der Waals surface area contributed by atoms with Gasteiger partial charge in [-0.3, -0.25) is 4.79 Å². The number of carbonyl (C=O) groups excluding carboxylic acids is 1. The fourth-order valence-electron chi connectivity index (χ4n) is 3.66. The zero-order chi connectivity index (χ0) is 22.2. The van der Waals surface area contributed by atoms with Gasteiger partial charge in [0.1, 0.15) is 0 Å². The number of likely N-dealkylation sites (tertiary alicyclic amines) is 1. The van der Waals surface area contributed by atoms with E-state index in [0.29, 0.717) is 41.8 Å². The molecule has 1 aliphatic heterocycles. The molecular weight excluding hydrogens is 416 g/mol. The maximum Gasteiger partial charge on any atom is 0.256 e. The lowest BCUT2D eigenvalue weighted by Gasteiger charge is -2.20. The fourth-order valence-corrected chi connectivity index (χ4v) is 4.18. The molecule has 0 aliphatic carbocycles. The Morgan fingerprint density at radius 2 is 1.94 bits per heavy atom. The number of nitrogens with two attached hydrogens (primary N) is 1. The predicted molar refractivity (Wildman–Crippen MR) is 119 cm³/mol. The largest absolute Gasteiger partial charge is 0.337 e. The highest BCUT2D eigenvalue weighted by atomic mass is 32.2. The number of nitrogens with zero attached hydrogens (tertiary/aromatic N) is 4. The number of amides is 1. The van der Waals surface area contributed by atoms with Gasteiger partial charge in [0.05, 0.1) is 16.0 Å². The monoisotopic (exact) mass is 440 g/mol. The summed E-state index contributed by atoms with van der Waals surface area (Å²) in [5, 5.41) is 8.94. The molecule has 31 heavy (non-hydrogen) atoms. The summed E-state index contributed by atoms with van der Waals surface area (Å²) in [7, 11) is 0.292. The lowest BCUT2D eigenvalue weighted by Crippen LogP contribution is -2.34. The van der Waals surface area contributed by atoms with E-state index < -0.39 is 10.0 Å². The van der Waals surface area contributed by atoms with E-state index in [-0.39, 0.29) is 10.8 Å². The van der Waals surface area contributed by atoms with Gasteiger partial charge in [0.2, 0.25) is 16.0 Å². The van der Waals surface area contributed by atoms with Gasteiger partial charge in [-0.15, -0.1) is 0 Å². The second-order valence-corrected chi connectivity index (χ2v) is 9.35. The van der Waals surface area contributed by atoms with Gasteiger partial charge in [-0.1, -0.05) is 12.1 Å². The molecule has 0 saturated carbocycles. The SMILES string of the molecule is CN(C)C1CCN(C(=O)c2cccc3cnc(Nc4ccc(S(N)(=O)=O)cc4)nc23)C1. The van der Waals surface area contributed by atoms with E-state index in [2.05, 4.69) is 20.2 Å². The number of aromatic nitrogens is 2. The van der Waals surface area contributed by atoms with Crippen LogP contribution in [0.1, 0.15) is 16.8 Å². The molecule has 1 unspecified atom stereocenters. The standard InChI is InChI=1S/C21H24N6O3S/c1-26(2)16-10-11-27(13-16)20(28)18-5-3-4-14-12-23-21(25-19(14)18)24-15-6-8-17(9-7-15)31(22,29)30/h3-9,12,16H,10-11,13H2,1-2H3,(H2,22,29,30)(H,23,24,25). The van der Waals surface area contributed by atoms with Gasteiger partial charge in [-0.25, -0.2) is 23.5 Å². The lowest BCUT2D eigenvalue weighted by atomic mass is 10.1. The number of sulfonamides is 1. The van der Waals surface area contributed by atoms with Crippen molar-refractivity contribution in [3.8, 4) is 0 Å². The Bertz CT molecular complexity index is 1230. The van der Waals surface area contributed by atoms with Crippen molar-refractivity contribution in [1.82, 2.24) is 19.8 Å². The minimum absolute atomic E-state index is 0.0204. The fraction of sp³-hybridized carbons (Fsp3) is 0.286. The summed E-state index contributed by atoms with van der Waals surface area (Å²) in [5.41, 5.74) is 1.70. The Balaban J connectivity index is 1.61. The van der Waals surface area contributed by atoms with Gasteiger partial charge in [-0.05, 0) is 50.8 Å².